The number of methoxy groups -OCH3 is 1. The first-order valence-electron chi connectivity index (χ1n) is 4.79. The van der Waals surface area contributed by atoms with E-state index in [0.717, 1.165) is 0 Å². The number of nitrogens with one attached hydrogen (secondary N) is 1. The lowest BCUT2D eigenvalue weighted by Gasteiger charge is -2.05. The number of aromatic hydroxyl groups is 1. The molecule has 2 N–H and O–H groups in total. The molecule has 1 amide bonds. The molecule has 0 aromatic carbocycles. The van der Waals surface area contributed by atoms with Gasteiger partial charge in [-0.3, -0.25) is 4.79 Å². The summed E-state index contributed by atoms with van der Waals surface area (Å²) in [5.74, 6) is 0.207. The van der Waals surface area contributed by atoms with E-state index in [1.165, 1.54) is 30.7 Å². The Bertz CT molecular complexity index is 539. The molecule has 0 saturated carbocycles. The molecule has 88 valence electrons. The van der Waals surface area contributed by atoms with Crippen molar-refractivity contribution < 1.29 is 14.6 Å². The highest BCUT2D eigenvalue weighted by atomic mass is 32.1. The monoisotopic (exact) mass is 250 g/mol. The molecule has 0 atom stereocenters. The number of carbonyl (C=O) groups is 1. The molecule has 0 aliphatic heterocycles. The molecule has 0 spiro atoms. The van der Waals surface area contributed by atoms with Crippen molar-refractivity contribution in [3.8, 4) is 11.5 Å². The molecule has 0 bridgehead atoms. The van der Waals surface area contributed by atoms with E-state index >= 15 is 0 Å². The van der Waals surface area contributed by atoms with Crippen LogP contribution in [0.15, 0.2) is 29.8 Å². The zero-order chi connectivity index (χ0) is 12.3. The first-order chi connectivity index (χ1) is 8.22. The van der Waals surface area contributed by atoms with E-state index in [1.807, 2.05) is 0 Å². The first-order valence-corrected chi connectivity index (χ1v) is 5.67. The summed E-state index contributed by atoms with van der Waals surface area (Å²) in [6.45, 7) is 0. The summed E-state index contributed by atoms with van der Waals surface area (Å²) in [5, 5.41) is 13.8. The third kappa shape index (κ3) is 2.36. The number of pyridine rings is 1. The molecule has 5 nitrogen and oxygen atoms in total. The quantitative estimate of drug-likeness (QED) is 0.875. The van der Waals surface area contributed by atoms with Gasteiger partial charge in [-0.1, -0.05) is 0 Å². The minimum Gasteiger partial charge on any atom is -0.504 e. The van der Waals surface area contributed by atoms with Gasteiger partial charge >= 0.3 is 0 Å². The van der Waals surface area contributed by atoms with Crippen molar-refractivity contribution in [2.75, 3.05) is 12.4 Å². The molecule has 0 fully saturated rings. The fourth-order valence-corrected chi connectivity index (χ4v) is 2.03. The molecular weight excluding hydrogens is 240 g/mol. The summed E-state index contributed by atoms with van der Waals surface area (Å²) in [4.78, 5) is 16.2. The molecule has 6 heteroatoms. The molecule has 17 heavy (non-hydrogen) atoms. The molecule has 2 rings (SSSR count). The molecule has 0 saturated heterocycles. The molecule has 0 aliphatic carbocycles. The van der Waals surface area contributed by atoms with Crippen molar-refractivity contribution in [2.45, 2.75) is 0 Å². The topological polar surface area (TPSA) is 71.5 Å². The summed E-state index contributed by atoms with van der Waals surface area (Å²) in [5.41, 5.74) is 0. The van der Waals surface area contributed by atoms with Crippen molar-refractivity contribution >= 4 is 23.1 Å². The van der Waals surface area contributed by atoms with E-state index in [0.29, 0.717) is 10.6 Å². The van der Waals surface area contributed by atoms with Crippen LogP contribution < -0.4 is 10.1 Å². The molecular formula is C11H10N2O3S. The number of ether oxygens (including phenoxy) is 1. The van der Waals surface area contributed by atoms with Gasteiger partial charge in [0.15, 0.2) is 11.6 Å². The van der Waals surface area contributed by atoms with E-state index in [1.54, 1.807) is 17.5 Å². The van der Waals surface area contributed by atoms with Crippen molar-refractivity contribution in [2.24, 2.45) is 0 Å². The average molecular weight is 250 g/mol. The van der Waals surface area contributed by atoms with E-state index in [4.69, 9.17) is 4.74 Å². The van der Waals surface area contributed by atoms with Gasteiger partial charge in [0.2, 0.25) is 0 Å². The van der Waals surface area contributed by atoms with Gasteiger partial charge < -0.3 is 15.2 Å². The molecule has 0 unspecified atom stereocenters. The first kappa shape index (κ1) is 11.4. The molecule has 2 heterocycles. The average Bonchev–Trinajstić information content (AvgIpc) is 2.80. The van der Waals surface area contributed by atoms with Crippen molar-refractivity contribution in [3.05, 3.63) is 34.7 Å². The maximum absolute atomic E-state index is 11.9. The van der Waals surface area contributed by atoms with Crippen LogP contribution in [0, 0.1) is 0 Å². The van der Waals surface area contributed by atoms with Gasteiger partial charge in [0.25, 0.3) is 5.91 Å². The Morgan fingerprint density at radius 3 is 3.06 bits per heavy atom. The summed E-state index contributed by atoms with van der Waals surface area (Å²) < 4.78 is 5.04. The number of nitrogens with zero attached hydrogens (tertiary/aromatic N) is 1. The zero-order valence-electron chi connectivity index (χ0n) is 9.01. The summed E-state index contributed by atoms with van der Waals surface area (Å²) in [7, 11) is 1.50. The maximum Gasteiger partial charge on any atom is 0.270 e. The van der Waals surface area contributed by atoms with Crippen LogP contribution in [0.5, 0.6) is 11.5 Å². The Morgan fingerprint density at radius 2 is 2.35 bits per heavy atom. The second kappa shape index (κ2) is 4.84. The Morgan fingerprint density at radius 1 is 1.53 bits per heavy atom. The fraction of sp³-hybridized carbons (Fsp3) is 0.0909. The number of rotatable bonds is 3. The van der Waals surface area contributed by atoms with Crippen LogP contribution in [0.3, 0.4) is 0 Å². The van der Waals surface area contributed by atoms with E-state index < -0.39 is 0 Å². The maximum atomic E-state index is 11.9. The van der Waals surface area contributed by atoms with Gasteiger partial charge in [0.1, 0.15) is 10.6 Å². The normalized spacial score (nSPS) is 9.94. The van der Waals surface area contributed by atoms with Crippen LogP contribution in [0.1, 0.15) is 9.67 Å². The van der Waals surface area contributed by atoms with Crippen LogP contribution in [-0.4, -0.2) is 23.1 Å². The van der Waals surface area contributed by atoms with Gasteiger partial charge in [-0.15, -0.1) is 11.3 Å². The van der Waals surface area contributed by atoms with Crippen LogP contribution in [-0.2, 0) is 0 Å². The predicted molar refractivity (Wildman–Crippen MR) is 64.7 cm³/mol. The van der Waals surface area contributed by atoms with Gasteiger partial charge in [0, 0.05) is 6.20 Å². The van der Waals surface area contributed by atoms with Crippen molar-refractivity contribution in [3.63, 3.8) is 0 Å². The number of thiophene rings is 1. The standard InChI is InChI=1S/C11H10N2O3S/c1-16-8-4-6-17-9(8)11(15)13-10-7(14)3-2-5-12-10/h2-6,14H,1H3,(H,12,13,15). The Hall–Kier alpha value is -2.08. The number of amides is 1. The third-order valence-electron chi connectivity index (χ3n) is 2.07. The summed E-state index contributed by atoms with van der Waals surface area (Å²) >= 11 is 1.26. The molecule has 2 aromatic rings. The minimum atomic E-state index is -0.356. The molecule has 2 aromatic heterocycles. The number of hydrogen-bond acceptors (Lipinski definition) is 5. The van der Waals surface area contributed by atoms with Crippen LogP contribution in [0.4, 0.5) is 5.82 Å². The third-order valence-corrected chi connectivity index (χ3v) is 2.97. The number of aromatic nitrogens is 1. The lowest BCUT2D eigenvalue weighted by Crippen LogP contribution is -2.12. The van der Waals surface area contributed by atoms with Crippen LogP contribution >= 0.6 is 11.3 Å². The lowest BCUT2D eigenvalue weighted by molar-refractivity contribution is 0.102. The Labute approximate surface area is 102 Å². The van der Waals surface area contributed by atoms with E-state index in [-0.39, 0.29) is 17.5 Å². The van der Waals surface area contributed by atoms with Gasteiger partial charge in [-0.2, -0.15) is 0 Å². The van der Waals surface area contributed by atoms with Crippen molar-refractivity contribution in [1.29, 1.82) is 0 Å². The van der Waals surface area contributed by atoms with Crippen LogP contribution in [0.25, 0.3) is 0 Å². The van der Waals surface area contributed by atoms with E-state index in [9.17, 15) is 9.90 Å². The number of anilines is 1. The fourth-order valence-electron chi connectivity index (χ4n) is 1.28. The van der Waals surface area contributed by atoms with Gasteiger partial charge in [-0.25, -0.2) is 4.98 Å². The van der Waals surface area contributed by atoms with Crippen molar-refractivity contribution in [1.82, 2.24) is 4.98 Å². The number of hydrogen-bond donors (Lipinski definition) is 2. The van der Waals surface area contributed by atoms with E-state index in [2.05, 4.69) is 10.3 Å². The second-order valence-corrected chi connectivity index (χ2v) is 4.06. The SMILES string of the molecule is COc1ccsc1C(=O)Nc1ncccc1O. The summed E-state index contributed by atoms with van der Waals surface area (Å²) in [6.07, 6.45) is 1.49. The largest absolute Gasteiger partial charge is 0.504 e. The highest BCUT2D eigenvalue weighted by Gasteiger charge is 2.15. The number of carbonyl (C=O) groups excluding carboxylic acids is 1. The highest BCUT2D eigenvalue weighted by Crippen LogP contribution is 2.26. The Balaban J connectivity index is 2.20. The Kier molecular flexibility index (Phi) is 3.24. The van der Waals surface area contributed by atoms with Gasteiger partial charge in [-0.05, 0) is 23.6 Å². The second-order valence-electron chi connectivity index (χ2n) is 3.14. The zero-order valence-corrected chi connectivity index (χ0v) is 9.82. The highest BCUT2D eigenvalue weighted by molar-refractivity contribution is 7.12. The molecule has 0 aliphatic rings. The summed E-state index contributed by atoms with van der Waals surface area (Å²) in [6, 6.07) is 4.74. The minimum absolute atomic E-state index is 0.0728. The molecule has 0 radical (unpaired) electrons. The lowest BCUT2D eigenvalue weighted by atomic mass is 10.3. The van der Waals surface area contributed by atoms with Crippen LogP contribution in [0.2, 0.25) is 0 Å². The van der Waals surface area contributed by atoms with Gasteiger partial charge in [0.05, 0.1) is 7.11 Å². The predicted octanol–water partition coefficient (Wildman–Crippen LogP) is 2.11. The smallest absolute Gasteiger partial charge is 0.270 e.